The largest absolute Gasteiger partial charge is 0.347 e. The van der Waals surface area contributed by atoms with Gasteiger partial charge in [0.25, 0.3) is 5.91 Å². The second-order valence-corrected chi connectivity index (χ2v) is 7.08. The highest BCUT2D eigenvalue weighted by atomic mass is 16.2. The number of fused-ring (bicyclic) bond motifs is 4. The SMILES string of the molecule is Cn1cccc1C(=O)N1CC2CC(C1)C1CCCC(=O)N1C2. The number of carbonyl (C=O) groups is 2. The van der Waals surface area contributed by atoms with E-state index in [1.165, 1.54) is 6.42 Å². The van der Waals surface area contributed by atoms with E-state index in [2.05, 4.69) is 4.90 Å². The highest BCUT2D eigenvalue weighted by Crippen LogP contribution is 2.38. The molecule has 0 N–H and O–H groups in total. The number of hydrogen-bond donors (Lipinski definition) is 0. The van der Waals surface area contributed by atoms with Crippen LogP contribution in [-0.4, -0.2) is 51.9 Å². The molecule has 3 aliphatic heterocycles. The fourth-order valence-corrected chi connectivity index (χ4v) is 4.62. The molecule has 0 aromatic carbocycles. The van der Waals surface area contributed by atoms with Crippen LogP contribution < -0.4 is 0 Å². The quantitative estimate of drug-likeness (QED) is 0.789. The third-order valence-corrected chi connectivity index (χ3v) is 5.63. The number of aromatic nitrogens is 1. The van der Waals surface area contributed by atoms with Gasteiger partial charge >= 0.3 is 0 Å². The lowest BCUT2D eigenvalue weighted by Gasteiger charge is -2.52. The summed E-state index contributed by atoms with van der Waals surface area (Å²) in [6, 6.07) is 4.17. The van der Waals surface area contributed by atoms with E-state index in [0.717, 1.165) is 38.2 Å². The summed E-state index contributed by atoms with van der Waals surface area (Å²) >= 11 is 0. The standard InChI is InChI=1S/C17H23N3O2/c1-18-7-3-5-15(18)17(22)19-9-12-8-13(11-19)14-4-2-6-16(21)20(14)10-12/h3,5,7,12-14H,2,4,6,8-11H2,1H3. The molecular weight excluding hydrogens is 278 g/mol. The van der Waals surface area contributed by atoms with Gasteiger partial charge in [0.2, 0.25) is 5.91 Å². The van der Waals surface area contributed by atoms with Crippen LogP contribution in [0.4, 0.5) is 0 Å². The highest BCUT2D eigenvalue weighted by Gasteiger charge is 2.44. The summed E-state index contributed by atoms with van der Waals surface area (Å²) in [7, 11) is 1.92. The number of amides is 2. The molecule has 2 bridgehead atoms. The van der Waals surface area contributed by atoms with Crippen molar-refractivity contribution in [3.8, 4) is 0 Å². The fourth-order valence-electron chi connectivity index (χ4n) is 4.62. The van der Waals surface area contributed by atoms with Crippen molar-refractivity contribution in [1.29, 1.82) is 0 Å². The fraction of sp³-hybridized carbons (Fsp3) is 0.647. The Balaban J connectivity index is 1.54. The van der Waals surface area contributed by atoms with Crippen molar-refractivity contribution in [3.05, 3.63) is 24.0 Å². The number of carbonyl (C=O) groups excluding carboxylic acids is 2. The minimum atomic E-state index is 0.137. The zero-order valence-corrected chi connectivity index (χ0v) is 13.1. The zero-order chi connectivity index (χ0) is 15.3. The second kappa shape index (κ2) is 5.14. The molecule has 22 heavy (non-hydrogen) atoms. The predicted molar refractivity (Wildman–Crippen MR) is 82.3 cm³/mol. The van der Waals surface area contributed by atoms with Crippen molar-refractivity contribution in [2.45, 2.75) is 31.7 Å². The molecule has 118 valence electrons. The lowest BCUT2D eigenvalue weighted by molar-refractivity contribution is -0.144. The first-order valence-corrected chi connectivity index (χ1v) is 8.33. The lowest BCUT2D eigenvalue weighted by Crippen LogP contribution is -2.61. The maximum Gasteiger partial charge on any atom is 0.270 e. The number of hydrogen-bond acceptors (Lipinski definition) is 2. The summed E-state index contributed by atoms with van der Waals surface area (Å²) in [6.07, 6.45) is 5.91. The Bertz CT molecular complexity index is 609. The molecule has 3 saturated heterocycles. The average Bonchev–Trinajstić information content (AvgIpc) is 2.93. The molecule has 0 saturated carbocycles. The van der Waals surface area contributed by atoms with Crippen LogP contribution in [0.5, 0.6) is 0 Å². The van der Waals surface area contributed by atoms with Crippen LogP contribution in [0, 0.1) is 11.8 Å². The Morgan fingerprint density at radius 3 is 2.91 bits per heavy atom. The summed E-state index contributed by atoms with van der Waals surface area (Å²) < 4.78 is 1.89. The van der Waals surface area contributed by atoms with Crippen molar-refractivity contribution in [1.82, 2.24) is 14.4 Å². The number of piperidine rings is 3. The number of aryl methyl sites for hydroxylation is 1. The highest BCUT2D eigenvalue weighted by molar-refractivity contribution is 5.92. The molecule has 0 spiro atoms. The summed E-state index contributed by atoms with van der Waals surface area (Å²) in [5.74, 6) is 1.37. The number of likely N-dealkylation sites (tertiary alicyclic amines) is 1. The van der Waals surface area contributed by atoms with E-state index in [9.17, 15) is 9.59 Å². The molecule has 5 heteroatoms. The van der Waals surface area contributed by atoms with E-state index in [4.69, 9.17) is 0 Å². The van der Waals surface area contributed by atoms with E-state index in [-0.39, 0.29) is 5.91 Å². The molecule has 1 aromatic heterocycles. The van der Waals surface area contributed by atoms with Crippen LogP contribution in [0.15, 0.2) is 18.3 Å². The van der Waals surface area contributed by atoms with Gasteiger partial charge in [0.15, 0.2) is 0 Å². The number of nitrogens with zero attached hydrogens (tertiary/aromatic N) is 3. The molecule has 4 rings (SSSR count). The monoisotopic (exact) mass is 301 g/mol. The number of rotatable bonds is 1. The molecule has 3 unspecified atom stereocenters. The van der Waals surface area contributed by atoms with E-state index >= 15 is 0 Å². The van der Waals surface area contributed by atoms with Gasteiger partial charge in [-0.05, 0) is 43.2 Å². The molecule has 2 amide bonds. The van der Waals surface area contributed by atoms with Crippen LogP contribution in [0.25, 0.3) is 0 Å². The molecule has 0 aliphatic carbocycles. The summed E-state index contributed by atoms with van der Waals surface area (Å²) in [5.41, 5.74) is 0.761. The van der Waals surface area contributed by atoms with Gasteiger partial charge in [-0.25, -0.2) is 0 Å². The molecule has 4 heterocycles. The first-order chi connectivity index (χ1) is 10.6. The van der Waals surface area contributed by atoms with Crippen LogP contribution >= 0.6 is 0 Å². The minimum absolute atomic E-state index is 0.137. The molecule has 3 aliphatic rings. The minimum Gasteiger partial charge on any atom is -0.347 e. The van der Waals surface area contributed by atoms with Crippen molar-refractivity contribution in [2.24, 2.45) is 18.9 Å². The van der Waals surface area contributed by atoms with E-state index < -0.39 is 0 Å². The van der Waals surface area contributed by atoms with Crippen molar-refractivity contribution < 1.29 is 9.59 Å². The van der Waals surface area contributed by atoms with Gasteiger partial charge in [-0.3, -0.25) is 9.59 Å². The zero-order valence-electron chi connectivity index (χ0n) is 13.1. The molecule has 5 nitrogen and oxygen atoms in total. The summed E-state index contributed by atoms with van der Waals surface area (Å²) in [6.45, 7) is 2.43. The Hall–Kier alpha value is -1.78. The third-order valence-electron chi connectivity index (χ3n) is 5.63. The van der Waals surface area contributed by atoms with Crippen molar-refractivity contribution >= 4 is 11.8 Å². The van der Waals surface area contributed by atoms with Gasteiger partial charge in [-0.1, -0.05) is 0 Å². The lowest BCUT2D eigenvalue weighted by atomic mass is 9.76. The van der Waals surface area contributed by atoms with Crippen molar-refractivity contribution in [2.75, 3.05) is 19.6 Å². The van der Waals surface area contributed by atoms with Crippen LogP contribution in [0.3, 0.4) is 0 Å². The summed E-state index contributed by atoms with van der Waals surface area (Å²) in [4.78, 5) is 29.0. The van der Waals surface area contributed by atoms with Gasteiger partial charge in [-0.2, -0.15) is 0 Å². The molecule has 3 fully saturated rings. The van der Waals surface area contributed by atoms with Gasteiger partial charge in [-0.15, -0.1) is 0 Å². The first kappa shape index (κ1) is 13.9. The van der Waals surface area contributed by atoms with Gasteiger partial charge in [0.1, 0.15) is 5.69 Å². The van der Waals surface area contributed by atoms with Gasteiger partial charge in [0, 0.05) is 45.3 Å². The maximum atomic E-state index is 12.8. The normalized spacial score (nSPS) is 31.1. The Kier molecular flexibility index (Phi) is 3.24. The van der Waals surface area contributed by atoms with Gasteiger partial charge < -0.3 is 14.4 Å². The first-order valence-electron chi connectivity index (χ1n) is 8.33. The Labute approximate surface area is 130 Å². The Morgan fingerprint density at radius 1 is 1.27 bits per heavy atom. The molecular formula is C17H23N3O2. The average molecular weight is 301 g/mol. The summed E-state index contributed by atoms with van der Waals surface area (Å²) in [5, 5.41) is 0. The van der Waals surface area contributed by atoms with E-state index in [1.54, 1.807) is 0 Å². The van der Waals surface area contributed by atoms with Crippen molar-refractivity contribution in [3.63, 3.8) is 0 Å². The predicted octanol–water partition coefficient (Wildman–Crippen LogP) is 1.50. The van der Waals surface area contributed by atoms with Crippen LogP contribution in [0.2, 0.25) is 0 Å². The van der Waals surface area contributed by atoms with Gasteiger partial charge in [0.05, 0.1) is 0 Å². The Morgan fingerprint density at radius 2 is 2.14 bits per heavy atom. The maximum absolute atomic E-state index is 12.8. The smallest absolute Gasteiger partial charge is 0.270 e. The molecule has 1 aromatic rings. The van der Waals surface area contributed by atoms with Crippen LogP contribution in [0.1, 0.15) is 36.2 Å². The van der Waals surface area contributed by atoms with E-state index in [0.29, 0.717) is 30.2 Å². The second-order valence-electron chi connectivity index (χ2n) is 7.08. The van der Waals surface area contributed by atoms with E-state index in [1.807, 2.05) is 34.8 Å². The third kappa shape index (κ3) is 2.14. The molecule has 3 atom stereocenters. The topological polar surface area (TPSA) is 45.6 Å². The molecule has 0 radical (unpaired) electrons. The van der Waals surface area contributed by atoms with Crippen LogP contribution in [-0.2, 0) is 11.8 Å².